The largest absolute Gasteiger partial charge is 0.462 e. The van der Waals surface area contributed by atoms with Gasteiger partial charge < -0.3 is 14.5 Å². The standard InChI is InChI=1S/C22H18N2O2/c1-2-22(24-18-12-6-8-14-20(18)26-22)16-10-4-3-9-15(16)21-23-17-11-5-7-13-19(17)25-21/h3-14,24H,2H2,1H3. The highest BCUT2D eigenvalue weighted by molar-refractivity contribution is 5.77. The van der Waals surface area contributed by atoms with Gasteiger partial charge in [0.2, 0.25) is 11.6 Å². The number of nitrogens with one attached hydrogen (secondary N) is 1. The van der Waals surface area contributed by atoms with Gasteiger partial charge in [0.1, 0.15) is 11.3 Å². The fraction of sp³-hybridized carbons (Fsp3) is 0.136. The molecule has 0 saturated carbocycles. The lowest BCUT2D eigenvalue weighted by molar-refractivity contribution is 0.113. The van der Waals surface area contributed by atoms with Gasteiger partial charge in [-0.15, -0.1) is 0 Å². The average molecular weight is 342 g/mol. The van der Waals surface area contributed by atoms with Gasteiger partial charge in [-0.2, -0.15) is 0 Å². The monoisotopic (exact) mass is 342 g/mol. The summed E-state index contributed by atoms with van der Waals surface area (Å²) in [6.07, 6.45) is 0.763. The zero-order valence-electron chi connectivity index (χ0n) is 14.4. The first kappa shape index (κ1) is 15.0. The molecule has 1 unspecified atom stereocenters. The van der Waals surface area contributed by atoms with Crippen LogP contribution in [-0.4, -0.2) is 4.98 Å². The number of benzene rings is 3. The molecule has 4 nitrogen and oxygen atoms in total. The minimum absolute atomic E-state index is 0.607. The van der Waals surface area contributed by atoms with Crippen LogP contribution in [0.5, 0.6) is 5.75 Å². The van der Waals surface area contributed by atoms with Gasteiger partial charge >= 0.3 is 0 Å². The molecule has 0 spiro atoms. The quantitative estimate of drug-likeness (QED) is 0.529. The number of hydrogen-bond donors (Lipinski definition) is 1. The Morgan fingerprint density at radius 2 is 1.69 bits per heavy atom. The molecule has 26 heavy (non-hydrogen) atoms. The van der Waals surface area contributed by atoms with Gasteiger partial charge in [-0.3, -0.25) is 0 Å². The highest BCUT2D eigenvalue weighted by Gasteiger charge is 2.41. The number of oxazole rings is 1. The highest BCUT2D eigenvalue weighted by Crippen LogP contribution is 2.46. The first-order valence-electron chi connectivity index (χ1n) is 8.81. The molecule has 1 aromatic heterocycles. The van der Waals surface area contributed by atoms with Crippen molar-refractivity contribution >= 4 is 16.8 Å². The number of fused-ring (bicyclic) bond motifs is 2. The van der Waals surface area contributed by atoms with Gasteiger partial charge in [-0.1, -0.05) is 49.4 Å². The van der Waals surface area contributed by atoms with Crippen LogP contribution in [0.1, 0.15) is 18.9 Å². The van der Waals surface area contributed by atoms with Gasteiger partial charge in [0.15, 0.2) is 5.58 Å². The average Bonchev–Trinajstić information content (AvgIpc) is 3.29. The lowest BCUT2D eigenvalue weighted by Gasteiger charge is -2.30. The van der Waals surface area contributed by atoms with Crippen molar-refractivity contribution in [3.8, 4) is 17.2 Å². The fourth-order valence-corrected chi connectivity index (χ4v) is 3.57. The number of aromatic nitrogens is 1. The van der Waals surface area contributed by atoms with Crippen LogP contribution < -0.4 is 10.1 Å². The third-order valence-corrected chi connectivity index (χ3v) is 4.89. The van der Waals surface area contributed by atoms with E-state index in [0.29, 0.717) is 5.89 Å². The summed E-state index contributed by atoms with van der Waals surface area (Å²) in [4.78, 5) is 4.68. The molecule has 0 radical (unpaired) electrons. The molecule has 2 heterocycles. The van der Waals surface area contributed by atoms with E-state index in [-0.39, 0.29) is 0 Å². The van der Waals surface area contributed by atoms with Crippen LogP contribution >= 0.6 is 0 Å². The van der Waals surface area contributed by atoms with E-state index in [9.17, 15) is 0 Å². The van der Waals surface area contributed by atoms with Gasteiger partial charge in [0, 0.05) is 17.5 Å². The van der Waals surface area contributed by atoms with Crippen LogP contribution in [0, 0.1) is 0 Å². The maximum atomic E-state index is 6.39. The predicted octanol–water partition coefficient (Wildman–Crippen LogP) is 5.56. The van der Waals surface area contributed by atoms with Crippen molar-refractivity contribution in [2.45, 2.75) is 19.1 Å². The minimum atomic E-state index is -0.638. The Morgan fingerprint density at radius 1 is 0.923 bits per heavy atom. The number of para-hydroxylation sites is 4. The molecule has 0 aliphatic carbocycles. The zero-order valence-corrected chi connectivity index (χ0v) is 14.4. The summed E-state index contributed by atoms with van der Waals surface area (Å²) in [6, 6.07) is 24.0. The number of rotatable bonds is 3. The summed E-state index contributed by atoms with van der Waals surface area (Å²) in [5.74, 6) is 1.47. The summed E-state index contributed by atoms with van der Waals surface area (Å²) in [7, 11) is 0. The van der Waals surface area contributed by atoms with Crippen molar-refractivity contribution in [2.75, 3.05) is 5.32 Å². The zero-order chi connectivity index (χ0) is 17.6. The second-order valence-electron chi connectivity index (χ2n) is 6.44. The summed E-state index contributed by atoms with van der Waals surface area (Å²) < 4.78 is 12.4. The molecule has 128 valence electrons. The van der Waals surface area contributed by atoms with Crippen LogP contribution in [0.4, 0.5) is 5.69 Å². The summed E-state index contributed by atoms with van der Waals surface area (Å²) in [5, 5.41) is 3.57. The third-order valence-electron chi connectivity index (χ3n) is 4.89. The fourth-order valence-electron chi connectivity index (χ4n) is 3.57. The van der Waals surface area contributed by atoms with Crippen molar-refractivity contribution in [3.05, 3.63) is 78.4 Å². The van der Waals surface area contributed by atoms with Crippen molar-refractivity contribution in [1.29, 1.82) is 0 Å². The molecule has 0 fully saturated rings. The van der Waals surface area contributed by atoms with Gasteiger partial charge in [0.05, 0.1) is 5.69 Å². The summed E-state index contributed by atoms with van der Waals surface area (Å²) in [5.41, 5.74) is 3.96. The Hall–Kier alpha value is -3.27. The molecule has 1 aliphatic rings. The first-order valence-corrected chi connectivity index (χ1v) is 8.81. The molecule has 5 rings (SSSR count). The number of ether oxygens (including phenoxy) is 1. The van der Waals surface area contributed by atoms with Crippen LogP contribution in [0.15, 0.2) is 77.2 Å². The summed E-state index contributed by atoms with van der Waals surface area (Å²) in [6.45, 7) is 2.11. The molecule has 1 aliphatic heterocycles. The van der Waals surface area contributed by atoms with Crippen LogP contribution in [0.2, 0.25) is 0 Å². The molecular weight excluding hydrogens is 324 g/mol. The predicted molar refractivity (Wildman–Crippen MR) is 102 cm³/mol. The molecule has 4 heteroatoms. The summed E-state index contributed by atoms with van der Waals surface area (Å²) >= 11 is 0. The number of anilines is 1. The lowest BCUT2D eigenvalue weighted by Crippen LogP contribution is -2.37. The maximum Gasteiger partial charge on any atom is 0.227 e. The van der Waals surface area contributed by atoms with E-state index < -0.39 is 5.72 Å². The van der Waals surface area contributed by atoms with Gasteiger partial charge in [0.25, 0.3) is 0 Å². The highest BCUT2D eigenvalue weighted by atomic mass is 16.5. The first-order chi connectivity index (χ1) is 12.8. The Bertz CT molecular complexity index is 1040. The Morgan fingerprint density at radius 3 is 2.54 bits per heavy atom. The second-order valence-corrected chi connectivity index (χ2v) is 6.44. The topological polar surface area (TPSA) is 47.3 Å². The van der Waals surface area contributed by atoms with Crippen LogP contribution in [0.3, 0.4) is 0 Å². The third kappa shape index (κ3) is 2.19. The SMILES string of the molecule is CCC1(c2ccccc2-c2nc3ccccc3o2)Nc2ccccc2O1. The lowest BCUT2D eigenvalue weighted by atomic mass is 9.94. The van der Waals surface area contributed by atoms with E-state index >= 15 is 0 Å². The van der Waals surface area contributed by atoms with E-state index in [0.717, 1.165) is 40.1 Å². The van der Waals surface area contributed by atoms with Gasteiger partial charge in [-0.05, 0) is 30.3 Å². The van der Waals surface area contributed by atoms with E-state index in [1.54, 1.807) is 0 Å². The van der Waals surface area contributed by atoms with Crippen molar-refractivity contribution in [3.63, 3.8) is 0 Å². The molecule has 1 atom stereocenters. The molecule has 4 aromatic rings. The molecule has 0 bridgehead atoms. The molecule has 1 N–H and O–H groups in total. The van der Waals surface area contributed by atoms with E-state index in [1.165, 1.54) is 0 Å². The van der Waals surface area contributed by atoms with E-state index in [2.05, 4.69) is 23.3 Å². The normalized spacial score (nSPS) is 18.3. The number of nitrogens with zero attached hydrogens (tertiary/aromatic N) is 1. The molecule has 0 saturated heterocycles. The number of hydrogen-bond acceptors (Lipinski definition) is 4. The maximum absolute atomic E-state index is 6.39. The van der Waals surface area contributed by atoms with Crippen LogP contribution in [0.25, 0.3) is 22.6 Å². The smallest absolute Gasteiger partial charge is 0.227 e. The van der Waals surface area contributed by atoms with E-state index in [4.69, 9.17) is 9.15 Å². The minimum Gasteiger partial charge on any atom is -0.462 e. The molecule has 3 aromatic carbocycles. The van der Waals surface area contributed by atoms with E-state index in [1.807, 2.05) is 66.7 Å². The Labute approximate surface area is 151 Å². The Balaban J connectivity index is 1.66. The van der Waals surface area contributed by atoms with Crippen LogP contribution in [-0.2, 0) is 5.72 Å². The van der Waals surface area contributed by atoms with Crippen molar-refractivity contribution in [1.82, 2.24) is 4.98 Å². The van der Waals surface area contributed by atoms with Gasteiger partial charge in [-0.25, -0.2) is 4.98 Å². The van der Waals surface area contributed by atoms with Crippen molar-refractivity contribution < 1.29 is 9.15 Å². The van der Waals surface area contributed by atoms with Crippen molar-refractivity contribution in [2.24, 2.45) is 0 Å². The molecule has 0 amide bonds. The molecular formula is C22H18N2O2. The Kier molecular flexibility index (Phi) is 3.25. The second kappa shape index (κ2) is 5.63.